The van der Waals surface area contributed by atoms with Gasteiger partial charge >= 0.3 is 0 Å². The lowest BCUT2D eigenvalue weighted by Gasteiger charge is -2.12. The maximum Gasteiger partial charge on any atom is 0.147 e. The van der Waals surface area contributed by atoms with Crippen LogP contribution in [0.25, 0.3) is 0 Å². The van der Waals surface area contributed by atoms with E-state index >= 15 is 0 Å². The van der Waals surface area contributed by atoms with Crippen molar-refractivity contribution in [3.05, 3.63) is 59.2 Å². The fourth-order valence-corrected chi connectivity index (χ4v) is 1.90. The van der Waals surface area contributed by atoms with Crippen LogP contribution in [0.15, 0.2) is 36.5 Å². The number of nitrogens with zero attached hydrogens (tertiary/aromatic N) is 2. The molecule has 0 spiro atoms. The second-order valence-corrected chi connectivity index (χ2v) is 4.44. The van der Waals surface area contributed by atoms with Gasteiger partial charge in [-0.2, -0.15) is 5.26 Å². The van der Waals surface area contributed by atoms with Crippen molar-refractivity contribution in [2.45, 2.75) is 20.1 Å². The summed E-state index contributed by atoms with van der Waals surface area (Å²) in [6, 6.07) is 9.98. The zero-order valence-electron chi connectivity index (χ0n) is 11.8. The van der Waals surface area contributed by atoms with E-state index in [-0.39, 0.29) is 12.4 Å². The highest BCUT2D eigenvalue weighted by Gasteiger charge is 2.08. The van der Waals surface area contributed by atoms with Crippen LogP contribution < -0.4 is 10.1 Å². The van der Waals surface area contributed by atoms with E-state index in [9.17, 15) is 4.39 Å². The van der Waals surface area contributed by atoms with Crippen LogP contribution in [-0.2, 0) is 13.2 Å². The minimum atomic E-state index is -0.297. The standard InChI is InChI=1S/C16H16FN3O/c1-2-19-10-13-8-14(17)5-6-16(13)21-11-12-4-3-7-20-15(12)9-18/h3-8,19H,2,10-11H2,1H3. The summed E-state index contributed by atoms with van der Waals surface area (Å²) < 4.78 is 19.0. The Labute approximate surface area is 123 Å². The number of nitrogens with one attached hydrogen (secondary N) is 1. The molecule has 1 N–H and O–H groups in total. The van der Waals surface area contributed by atoms with Crippen LogP contribution in [0.1, 0.15) is 23.7 Å². The lowest BCUT2D eigenvalue weighted by molar-refractivity contribution is 0.301. The normalized spacial score (nSPS) is 10.1. The summed E-state index contributed by atoms with van der Waals surface area (Å²) in [5.74, 6) is 0.305. The van der Waals surface area contributed by atoms with Crippen molar-refractivity contribution in [2.24, 2.45) is 0 Å². The first-order valence-electron chi connectivity index (χ1n) is 6.70. The van der Waals surface area contributed by atoms with Gasteiger partial charge in [-0.25, -0.2) is 9.37 Å². The van der Waals surface area contributed by atoms with Gasteiger partial charge in [0.05, 0.1) is 0 Å². The number of benzene rings is 1. The quantitative estimate of drug-likeness (QED) is 0.886. The van der Waals surface area contributed by atoms with Crippen LogP contribution in [0.5, 0.6) is 5.75 Å². The summed E-state index contributed by atoms with van der Waals surface area (Å²) in [7, 11) is 0. The van der Waals surface area contributed by atoms with Gasteiger partial charge in [0.2, 0.25) is 0 Å². The molecule has 2 aromatic rings. The van der Waals surface area contributed by atoms with Crippen LogP contribution in [0.4, 0.5) is 4.39 Å². The Morgan fingerprint density at radius 3 is 2.95 bits per heavy atom. The van der Waals surface area contributed by atoms with Crippen molar-refractivity contribution < 1.29 is 9.13 Å². The number of rotatable bonds is 6. The molecule has 4 nitrogen and oxygen atoms in total. The molecule has 0 amide bonds. The molecule has 0 atom stereocenters. The summed E-state index contributed by atoms with van der Waals surface area (Å²) in [4.78, 5) is 3.98. The SMILES string of the molecule is CCNCc1cc(F)ccc1OCc1cccnc1C#N. The van der Waals surface area contributed by atoms with Crippen LogP contribution in [-0.4, -0.2) is 11.5 Å². The van der Waals surface area contributed by atoms with Gasteiger partial charge in [-0.3, -0.25) is 0 Å². The second kappa shape index (κ2) is 7.36. The highest BCUT2D eigenvalue weighted by molar-refractivity contribution is 5.35. The molecule has 0 unspecified atom stereocenters. The van der Waals surface area contributed by atoms with Crippen molar-refractivity contribution in [2.75, 3.05) is 6.54 Å². The van der Waals surface area contributed by atoms with Crippen LogP contribution in [0.3, 0.4) is 0 Å². The molecule has 108 valence electrons. The van der Waals surface area contributed by atoms with Crippen molar-refractivity contribution >= 4 is 0 Å². The molecule has 1 heterocycles. The Morgan fingerprint density at radius 1 is 1.33 bits per heavy atom. The lowest BCUT2D eigenvalue weighted by atomic mass is 10.2. The molecule has 21 heavy (non-hydrogen) atoms. The van der Waals surface area contributed by atoms with Gasteiger partial charge in [0, 0.05) is 23.9 Å². The number of hydrogen-bond donors (Lipinski definition) is 1. The number of halogens is 1. The van der Waals surface area contributed by atoms with E-state index in [1.165, 1.54) is 12.1 Å². The maximum atomic E-state index is 13.3. The predicted octanol–water partition coefficient (Wildman–Crippen LogP) is 2.78. The molecule has 0 aliphatic rings. The second-order valence-electron chi connectivity index (χ2n) is 4.44. The van der Waals surface area contributed by atoms with E-state index in [2.05, 4.69) is 10.3 Å². The summed E-state index contributed by atoms with van der Waals surface area (Å²) in [6.45, 7) is 3.52. The van der Waals surface area contributed by atoms with Gasteiger partial charge < -0.3 is 10.1 Å². The molecule has 0 saturated carbocycles. The predicted molar refractivity (Wildman–Crippen MR) is 77.1 cm³/mol. The first kappa shape index (κ1) is 14.9. The molecule has 1 aromatic heterocycles. The maximum absolute atomic E-state index is 13.3. The van der Waals surface area contributed by atoms with Gasteiger partial charge in [0.1, 0.15) is 29.9 Å². The number of pyridine rings is 1. The number of ether oxygens (including phenoxy) is 1. The smallest absolute Gasteiger partial charge is 0.147 e. The van der Waals surface area contributed by atoms with E-state index in [0.29, 0.717) is 23.6 Å². The van der Waals surface area contributed by atoms with E-state index in [4.69, 9.17) is 10.00 Å². The Kier molecular flexibility index (Phi) is 5.24. The molecule has 0 fully saturated rings. The van der Waals surface area contributed by atoms with Gasteiger partial charge in [-0.1, -0.05) is 13.0 Å². The Morgan fingerprint density at radius 2 is 2.19 bits per heavy atom. The van der Waals surface area contributed by atoms with Crippen molar-refractivity contribution in [3.63, 3.8) is 0 Å². The Bertz CT molecular complexity index is 652. The van der Waals surface area contributed by atoms with Gasteiger partial charge in [0.25, 0.3) is 0 Å². The monoisotopic (exact) mass is 285 g/mol. The molecular weight excluding hydrogens is 269 g/mol. The highest BCUT2D eigenvalue weighted by Crippen LogP contribution is 2.21. The fourth-order valence-electron chi connectivity index (χ4n) is 1.90. The first-order chi connectivity index (χ1) is 10.2. The topological polar surface area (TPSA) is 57.9 Å². The number of aromatic nitrogens is 1. The third-order valence-electron chi connectivity index (χ3n) is 2.97. The molecule has 0 bridgehead atoms. The molecule has 5 heteroatoms. The van der Waals surface area contributed by atoms with Crippen LogP contribution in [0.2, 0.25) is 0 Å². The Balaban J connectivity index is 2.14. The zero-order valence-corrected chi connectivity index (χ0v) is 11.8. The lowest BCUT2D eigenvalue weighted by Crippen LogP contribution is -2.13. The minimum absolute atomic E-state index is 0.224. The fraction of sp³-hybridized carbons (Fsp3) is 0.250. The van der Waals surface area contributed by atoms with E-state index < -0.39 is 0 Å². The van der Waals surface area contributed by atoms with Crippen molar-refractivity contribution in [1.82, 2.24) is 10.3 Å². The molecule has 1 aromatic carbocycles. The summed E-state index contributed by atoms with van der Waals surface area (Å²) in [5, 5.41) is 12.1. The van der Waals surface area contributed by atoms with Gasteiger partial charge in [-0.05, 0) is 30.8 Å². The third kappa shape index (κ3) is 4.01. The van der Waals surface area contributed by atoms with Crippen LogP contribution in [0, 0.1) is 17.1 Å². The summed E-state index contributed by atoms with van der Waals surface area (Å²) >= 11 is 0. The largest absolute Gasteiger partial charge is 0.488 e. The van der Waals surface area contributed by atoms with Gasteiger partial charge in [0.15, 0.2) is 0 Å². The molecular formula is C16H16FN3O. The van der Waals surface area contributed by atoms with E-state index in [1.54, 1.807) is 24.4 Å². The molecule has 2 rings (SSSR count). The summed E-state index contributed by atoms with van der Waals surface area (Å²) in [6.07, 6.45) is 1.57. The molecule has 0 saturated heterocycles. The highest BCUT2D eigenvalue weighted by atomic mass is 19.1. The Hall–Kier alpha value is -2.45. The average molecular weight is 285 g/mol. The van der Waals surface area contributed by atoms with Crippen molar-refractivity contribution in [1.29, 1.82) is 5.26 Å². The van der Waals surface area contributed by atoms with Gasteiger partial charge in [-0.15, -0.1) is 0 Å². The van der Waals surface area contributed by atoms with Crippen molar-refractivity contribution in [3.8, 4) is 11.8 Å². The average Bonchev–Trinajstić information content (AvgIpc) is 2.52. The molecule has 0 aliphatic carbocycles. The molecule has 0 radical (unpaired) electrons. The third-order valence-corrected chi connectivity index (χ3v) is 2.97. The van der Waals surface area contributed by atoms with E-state index in [0.717, 1.165) is 12.1 Å². The number of nitriles is 1. The zero-order chi connectivity index (χ0) is 15.1. The minimum Gasteiger partial charge on any atom is -0.488 e. The first-order valence-corrected chi connectivity index (χ1v) is 6.70. The summed E-state index contributed by atoms with van der Waals surface area (Å²) in [5.41, 5.74) is 1.80. The number of hydrogen-bond acceptors (Lipinski definition) is 4. The van der Waals surface area contributed by atoms with E-state index in [1.807, 2.05) is 13.0 Å². The molecule has 0 aliphatic heterocycles. The van der Waals surface area contributed by atoms with Crippen LogP contribution >= 0.6 is 0 Å².